The van der Waals surface area contributed by atoms with Crippen molar-refractivity contribution in [3.8, 4) is 0 Å². The molecule has 2 aromatic rings. The van der Waals surface area contributed by atoms with Gasteiger partial charge < -0.3 is 9.88 Å². The number of hydrogen-bond acceptors (Lipinski definition) is 3. The number of hydrogen-bond donors (Lipinski definition) is 1. The zero-order valence-electron chi connectivity index (χ0n) is 11.9. The fourth-order valence-electron chi connectivity index (χ4n) is 1.86. The van der Waals surface area contributed by atoms with Gasteiger partial charge in [0.2, 0.25) is 5.91 Å². The Morgan fingerprint density at radius 1 is 1.41 bits per heavy atom. The minimum atomic E-state index is -4.51. The molecular formula is C13H16F3N5O. The second kappa shape index (κ2) is 6.63. The van der Waals surface area contributed by atoms with E-state index in [-0.39, 0.29) is 5.91 Å². The lowest BCUT2D eigenvalue weighted by Crippen LogP contribution is -2.32. The number of amides is 1. The van der Waals surface area contributed by atoms with E-state index in [1.165, 1.54) is 6.92 Å². The minimum Gasteiger partial charge on any atom is -0.354 e. The SMILES string of the molecule is C[C@@H](C(=O)NCCCn1ccnc1)n1ccc(C(F)(F)F)n1. The predicted octanol–water partition coefficient (Wildman–Crippen LogP) is 1.87. The van der Waals surface area contributed by atoms with Crippen LogP contribution in [0.4, 0.5) is 13.2 Å². The third kappa shape index (κ3) is 4.09. The van der Waals surface area contributed by atoms with Crippen LogP contribution in [0.3, 0.4) is 0 Å². The maximum Gasteiger partial charge on any atom is 0.435 e. The molecule has 0 aliphatic carbocycles. The average Bonchev–Trinajstić information content (AvgIpc) is 3.12. The van der Waals surface area contributed by atoms with Gasteiger partial charge in [-0.2, -0.15) is 18.3 Å². The van der Waals surface area contributed by atoms with Crippen LogP contribution < -0.4 is 5.32 Å². The number of alkyl halides is 3. The molecule has 0 fully saturated rings. The molecule has 0 aromatic carbocycles. The Kier molecular flexibility index (Phi) is 4.84. The molecule has 0 aliphatic heterocycles. The van der Waals surface area contributed by atoms with Crippen molar-refractivity contribution in [2.45, 2.75) is 32.1 Å². The van der Waals surface area contributed by atoms with Crippen LogP contribution >= 0.6 is 0 Å². The topological polar surface area (TPSA) is 64.7 Å². The van der Waals surface area contributed by atoms with Crippen LogP contribution in [0.15, 0.2) is 31.0 Å². The van der Waals surface area contributed by atoms with Crippen molar-refractivity contribution in [3.05, 3.63) is 36.7 Å². The molecular weight excluding hydrogens is 299 g/mol. The molecule has 0 bridgehead atoms. The van der Waals surface area contributed by atoms with Crippen LogP contribution in [-0.4, -0.2) is 31.8 Å². The summed E-state index contributed by atoms with van der Waals surface area (Å²) in [5.74, 6) is -0.373. The lowest BCUT2D eigenvalue weighted by Gasteiger charge is -2.13. The highest BCUT2D eigenvalue weighted by molar-refractivity contribution is 5.79. The van der Waals surface area contributed by atoms with Crippen LogP contribution in [0, 0.1) is 0 Å². The first-order valence-electron chi connectivity index (χ1n) is 6.74. The predicted molar refractivity (Wildman–Crippen MR) is 71.8 cm³/mol. The zero-order chi connectivity index (χ0) is 16.2. The smallest absolute Gasteiger partial charge is 0.354 e. The molecule has 0 aliphatic rings. The van der Waals surface area contributed by atoms with E-state index in [0.717, 1.165) is 16.9 Å². The summed E-state index contributed by atoms with van der Waals surface area (Å²) in [6.07, 6.45) is 2.49. The number of aromatic nitrogens is 4. The summed E-state index contributed by atoms with van der Waals surface area (Å²) in [6.45, 7) is 2.63. The molecule has 0 saturated heterocycles. The van der Waals surface area contributed by atoms with Crippen molar-refractivity contribution in [1.82, 2.24) is 24.6 Å². The maximum absolute atomic E-state index is 12.5. The van der Waals surface area contributed by atoms with Crippen molar-refractivity contribution in [2.24, 2.45) is 0 Å². The van der Waals surface area contributed by atoms with Crippen molar-refractivity contribution in [2.75, 3.05) is 6.54 Å². The standard InChI is InChI=1S/C13H16F3N5O/c1-10(21-7-3-11(19-21)13(14,15)16)12(22)18-4-2-6-20-8-5-17-9-20/h3,5,7-10H,2,4,6H2,1H3,(H,18,22)/t10-/m0/s1. The van der Waals surface area contributed by atoms with Gasteiger partial charge in [-0.1, -0.05) is 0 Å². The molecule has 1 amide bonds. The van der Waals surface area contributed by atoms with Crippen molar-refractivity contribution >= 4 is 5.91 Å². The Bertz CT molecular complexity index is 605. The van der Waals surface area contributed by atoms with E-state index in [2.05, 4.69) is 15.4 Å². The Morgan fingerprint density at radius 3 is 2.77 bits per heavy atom. The van der Waals surface area contributed by atoms with Gasteiger partial charge >= 0.3 is 6.18 Å². The highest BCUT2D eigenvalue weighted by atomic mass is 19.4. The molecule has 0 radical (unpaired) electrons. The van der Waals surface area contributed by atoms with Crippen molar-refractivity contribution in [3.63, 3.8) is 0 Å². The Labute approximate surface area is 124 Å². The first-order chi connectivity index (χ1) is 10.4. The van der Waals surface area contributed by atoms with E-state index in [0.29, 0.717) is 19.5 Å². The maximum atomic E-state index is 12.5. The van der Waals surface area contributed by atoms with Gasteiger partial charge in [-0.3, -0.25) is 9.48 Å². The van der Waals surface area contributed by atoms with Gasteiger partial charge in [0.05, 0.1) is 6.33 Å². The van der Waals surface area contributed by atoms with Crippen LogP contribution in [0.5, 0.6) is 0 Å². The number of aryl methyl sites for hydroxylation is 1. The average molecular weight is 315 g/mol. The Morgan fingerprint density at radius 2 is 2.18 bits per heavy atom. The lowest BCUT2D eigenvalue weighted by molar-refractivity contribution is -0.142. The summed E-state index contributed by atoms with van der Waals surface area (Å²) in [5, 5.41) is 6.07. The molecule has 2 heterocycles. The molecule has 0 spiro atoms. The number of nitrogens with zero attached hydrogens (tertiary/aromatic N) is 4. The second-order valence-electron chi connectivity index (χ2n) is 4.80. The van der Waals surface area contributed by atoms with E-state index < -0.39 is 17.9 Å². The molecule has 2 aromatic heterocycles. The normalized spacial score (nSPS) is 13.1. The molecule has 1 N–H and O–H groups in total. The van der Waals surface area contributed by atoms with Crippen molar-refractivity contribution in [1.29, 1.82) is 0 Å². The fourth-order valence-corrected chi connectivity index (χ4v) is 1.86. The summed E-state index contributed by atoms with van der Waals surface area (Å²) in [4.78, 5) is 15.8. The number of halogens is 3. The molecule has 1 atom stereocenters. The van der Waals surface area contributed by atoms with E-state index in [4.69, 9.17) is 0 Å². The van der Waals surface area contributed by atoms with Gasteiger partial charge in [0.1, 0.15) is 6.04 Å². The second-order valence-corrected chi connectivity index (χ2v) is 4.80. The first kappa shape index (κ1) is 16.1. The molecule has 2 rings (SSSR count). The van der Waals surface area contributed by atoms with Gasteiger partial charge in [0.15, 0.2) is 5.69 Å². The molecule has 9 heteroatoms. The summed E-state index contributed by atoms with van der Waals surface area (Å²) in [7, 11) is 0. The van der Waals surface area contributed by atoms with Crippen LogP contribution in [0.1, 0.15) is 25.1 Å². The fraction of sp³-hybridized carbons (Fsp3) is 0.462. The summed E-state index contributed by atoms with van der Waals surface area (Å²) in [5.41, 5.74) is -1.01. The molecule has 0 saturated carbocycles. The summed E-state index contributed by atoms with van der Waals surface area (Å²) >= 11 is 0. The third-order valence-corrected chi connectivity index (χ3v) is 3.13. The van der Waals surface area contributed by atoms with E-state index in [1.807, 2.05) is 10.8 Å². The summed E-state index contributed by atoms with van der Waals surface area (Å²) in [6, 6.07) is 0.0485. The lowest BCUT2D eigenvalue weighted by atomic mass is 10.3. The van der Waals surface area contributed by atoms with Gasteiger partial charge in [-0.15, -0.1) is 0 Å². The minimum absolute atomic E-state index is 0.373. The molecule has 0 unspecified atom stereocenters. The van der Waals surface area contributed by atoms with Gasteiger partial charge in [-0.25, -0.2) is 4.98 Å². The number of nitrogens with one attached hydrogen (secondary N) is 1. The van der Waals surface area contributed by atoms with E-state index in [9.17, 15) is 18.0 Å². The number of carbonyl (C=O) groups excluding carboxylic acids is 1. The molecule has 22 heavy (non-hydrogen) atoms. The van der Waals surface area contributed by atoms with Crippen LogP contribution in [0.2, 0.25) is 0 Å². The first-order valence-corrected chi connectivity index (χ1v) is 6.74. The highest BCUT2D eigenvalue weighted by Gasteiger charge is 2.34. The van der Waals surface area contributed by atoms with Gasteiger partial charge in [-0.05, 0) is 19.4 Å². The number of rotatable bonds is 6. The Balaban J connectivity index is 1.80. The quantitative estimate of drug-likeness (QED) is 0.828. The highest BCUT2D eigenvalue weighted by Crippen LogP contribution is 2.27. The zero-order valence-corrected chi connectivity index (χ0v) is 11.9. The molecule has 6 nitrogen and oxygen atoms in total. The van der Waals surface area contributed by atoms with Crippen molar-refractivity contribution < 1.29 is 18.0 Å². The van der Waals surface area contributed by atoms with E-state index >= 15 is 0 Å². The number of imidazole rings is 1. The monoisotopic (exact) mass is 315 g/mol. The third-order valence-electron chi connectivity index (χ3n) is 3.13. The van der Waals surface area contributed by atoms with Gasteiger partial charge in [0, 0.05) is 31.7 Å². The van der Waals surface area contributed by atoms with Gasteiger partial charge in [0.25, 0.3) is 0 Å². The summed E-state index contributed by atoms with van der Waals surface area (Å²) < 4.78 is 40.3. The largest absolute Gasteiger partial charge is 0.435 e. The van der Waals surface area contributed by atoms with E-state index in [1.54, 1.807) is 12.5 Å². The van der Waals surface area contributed by atoms with Crippen LogP contribution in [-0.2, 0) is 17.5 Å². The number of carbonyl (C=O) groups is 1. The van der Waals surface area contributed by atoms with Crippen LogP contribution in [0.25, 0.3) is 0 Å². The Hall–Kier alpha value is -2.32. The molecule has 120 valence electrons.